The Kier molecular flexibility index (Phi) is 5.92. The number of rotatable bonds is 3. The molecule has 3 rings (SSSR count). The van der Waals surface area contributed by atoms with Crippen LogP contribution in [0, 0.1) is 24.7 Å². The molecule has 0 saturated heterocycles. The van der Waals surface area contributed by atoms with E-state index in [9.17, 15) is 0 Å². The molecule has 0 bridgehead atoms. The molecule has 1 fully saturated rings. The zero-order chi connectivity index (χ0) is 19.2. The largest absolute Gasteiger partial charge is 0.369 e. The maximum Gasteiger partial charge on any atom is 0.211 e. The summed E-state index contributed by atoms with van der Waals surface area (Å²) in [5.74, 6) is 7.24. The fourth-order valence-electron chi connectivity index (χ4n) is 3.33. The van der Waals surface area contributed by atoms with Crippen molar-refractivity contribution >= 4 is 11.7 Å². The Balaban J connectivity index is 1.77. The van der Waals surface area contributed by atoms with Crippen molar-refractivity contribution in [3.8, 4) is 17.5 Å². The molecule has 27 heavy (non-hydrogen) atoms. The lowest BCUT2D eigenvalue weighted by atomic mass is 9.90. The van der Waals surface area contributed by atoms with Crippen molar-refractivity contribution < 1.29 is 0 Å². The van der Waals surface area contributed by atoms with E-state index in [0.717, 1.165) is 22.5 Å². The zero-order valence-corrected chi connectivity index (χ0v) is 15.9. The van der Waals surface area contributed by atoms with Gasteiger partial charge in [-0.3, -0.25) is 0 Å². The van der Waals surface area contributed by atoms with Crippen molar-refractivity contribution in [1.82, 2.24) is 9.78 Å². The molecule has 1 saturated carbocycles. The summed E-state index contributed by atoms with van der Waals surface area (Å²) in [5.41, 5.74) is 15.3. The Morgan fingerprint density at radius 2 is 1.81 bits per heavy atom. The molecular formula is C21H26N6. The van der Waals surface area contributed by atoms with Crippen LogP contribution in [0.1, 0.15) is 55.8 Å². The quantitative estimate of drug-likeness (QED) is 0.380. The number of hydrogen-bond acceptors (Lipinski definition) is 3. The van der Waals surface area contributed by atoms with E-state index in [2.05, 4.69) is 27.1 Å². The van der Waals surface area contributed by atoms with Gasteiger partial charge in [0.05, 0.1) is 23.3 Å². The molecule has 0 atom stereocenters. The number of nitrogens with zero attached hydrogens (tertiary/aromatic N) is 4. The van der Waals surface area contributed by atoms with Gasteiger partial charge >= 0.3 is 0 Å². The molecule has 2 aromatic rings. The predicted octanol–water partition coefficient (Wildman–Crippen LogP) is 3.11. The van der Waals surface area contributed by atoms with E-state index in [1.807, 2.05) is 42.8 Å². The van der Waals surface area contributed by atoms with Crippen LogP contribution in [0.25, 0.3) is 5.69 Å². The Bertz CT molecular complexity index is 898. The topological polar surface area (TPSA) is 94.6 Å². The van der Waals surface area contributed by atoms with Gasteiger partial charge in [-0.2, -0.15) is 10.2 Å². The lowest BCUT2D eigenvalue weighted by Crippen LogP contribution is -2.22. The Hall–Kier alpha value is -3.07. The zero-order valence-electron chi connectivity index (χ0n) is 15.9. The first-order valence-corrected chi connectivity index (χ1v) is 9.35. The number of guanidine groups is 1. The summed E-state index contributed by atoms with van der Waals surface area (Å²) in [4.78, 5) is 0. The molecule has 1 aromatic heterocycles. The van der Waals surface area contributed by atoms with Gasteiger partial charge < -0.3 is 11.5 Å². The number of nitrogens with two attached hydrogens (primary N) is 2. The third kappa shape index (κ3) is 4.76. The van der Waals surface area contributed by atoms with Crippen molar-refractivity contribution in [2.24, 2.45) is 27.6 Å². The maximum atomic E-state index is 5.33. The van der Waals surface area contributed by atoms with Crippen molar-refractivity contribution in [2.45, 2.75) is 46.0 Å². The summed E-state index contributed by atoms with van der Waals surface area (Å²) in [6, 6.07) is 8.17. The van der Waals surface area contributed by atoms with Crippen LogP contribution in [0.2, 0.25) is 0 Å². The van der Waals surface area contributed by atoms with Crippen molar-refractivity contribution in [3.05, 3.63) is 47.3 Å². The molecule has 0 amide bonds. The molecule has 1 aromatic carbocycles. The molecule has 4 N–H and O–H groups in total. The molecule has 140 valence electrons. The molecule has 1 aliphatic carbocycles. The highest BCUT2D eigenvalue weighted by Gasteiger charge is 2.11. The molecule has 6 nitrogen and oxygen atoms in total. The molecule has 0 unspecified atom stereocenters. The van der Waals surface area contributed by atoms with E-state index in [4.69, 9.17) is 11.5 Å². The van der Waals surface area contributed by atoms with Crippen LogP contribution in [-0.4, -0.2) is 21.5 Å². The second-order valence-electron chi connectivity index (χ2n) is 6.92. The predicted molar refractivity (Wildman–Crippen MR) is 110 cm³/mol. The summed E-state index contributed by atoms with van der Waals surface area (Å²) >= 11 is 0. The SMILES string of the molecule is C/C(=N\N=C(N)N)c1cnn(-c2ccc(C#CC3CCCCC3)cc2)c1C. The van der Waals surface area contributed by atoms with Crippen LogP contribution in [-0.2, 0) is 0 Å². The lowest BCUT2D eigenvalue weighted by Gasteiger charge is -2.15. The van der Waals surface area contributed by atoms with Crippen LogP contribution in [0.15, 0.2) is 40.7 Å². The Morgan fingerprint density at radius 1 is 1.11 bits per heavy atom. The first kappa shape index (κ1) is 18.7. The average molecular weight is 362 g/mol. The van der Waals surface area contributed by atoms with E-state index in [1.54, 1.807) is 6.20 Å². The minimum Gasteiger partial charge on any atom is -0.369 e. The molecule has 0 radical (unpaired) electrons. The van der Waals surface area contributed by atoms with Gasteiger partial charge in [0.1, 0.15) is 0 Å². The van der Waals surface area contributed by atoms with Crippen LogP contribution in [0.4, 0.5) is 0 Å². The van der Waals surface area contributed by atoms with E-state index >= 15 is 0 Å². The number of benzene rings is 1. The Labute approximate surface area is 160 Å². The lowest BCUT2D eigenvalue weighted by molar-refractivity contribution is 0.430. The van der Waals surface area contributed by atoms with Gasteiger partial charge in [0.25, 0.3) is 0 Å². The van der Waals surface area contributed by atoms with Gasteiger partial charge in [-0.25, -0.2) is 4.68 Å². The van der Waals surface area contributed by atoms with Gasteiger partial charge in [0.15, 0.2) is 0 Å². The summed E-state index contributed by atoms with van der Waals surface area (Å²) in [7, 11) is 0. The smallest absolute Gasteiger partial charge is 0.211 e. The maximum absolute atomic E-state index is 5.33. The molecule has 0 aliphatic heterocycles. The van der Waals surface area contributed by atoms with E-state index in [0.29, 0.717) is 11.6 Å². The van der Waals surface area contributed by atoms with Crippen molar-refractivity contribution in [2.75, 3.05) is 0 Å². The van der Waals surface area contributed by atoms with Gasteiger partial charge in [0.2, 0.25) is 5.96 Å². The summed E-state index contributed by atoms with van der Waals surface area (Å²) in [5, 5.41) is 12.2. The van der Waals surface area contributed by atoms with Crippen molar-refractivity contribution in [1.29, 1.82) is 0 Å². The highest BCUT2D eigenvalue weighted by Crippen LogP contribution is 2.23. The van der Waals surface area contributed by atoms with Gasteiger partial charge in [-0.1, -0.05) is 31.1 Å². The molecule has 0 spiro atoms. The van der Waals surface area contributed by atoms with Crippen molar-refractivity contribution in [3.63, 3.8) is 0 Å². The first-order chi connectivity index (χ1) is 13.0. The monoisotopic (exact) mass is 362 g/mol. The van der Waals surface area contributed by atoms with Crippen LogP contribution in [0.5, 0.6) is 0 Å². The van der Waals surface area contributed by atoms with Gasteiger partial charge in [-0.05, 0) is 51.0 Å². The Morgan fingerprint density at radius 3 is 2.48 bits per heavy atom. The van der Waals surface area contributed by atoms with Gasteiger partial charge in [0, 0.05) is 17.0 Å². The van der Waals surface area contributed by atoms with Crippen LogP contribution in [0.3, 0.4) is 0 Å². The minimum absolute atomic E-state index is 0.0654. The second kappa shape index (κ2) is 8.54. The summed E-state index contributed by atoms with van der Waals surface area (Å²) in [6.07, 6.45) is 8.22. The van der Waals surface area contributed by atoms with Crippen LogP contribution >= 0.6 is 0 Å². The number of hydrogen-bond donors (Lipinski definition) is 2. The highest BCUT2D eigenvalue weighted by atomic mass is 15.3. The fourth-order valence-corrected chi connectivity index (χ4v) is 3.33. The summed E-state index contributed by atoms with van der Waals surface area (Å²) in [6.45, 7) is 3.85. The first-order valence-electron chi connectivity index (χ1n) is 9.35. The third-order valence-electron chi connectivity index (χ3n) is 4.85. The van der Waals surface area contributed by atoms with Gasteiger partial charge in [-0.15, -0.1) is 5.10 Å². The highest BCUT2D eigenvalue weighted by molar-refractivity contribution is 5.99. The standard InChI is InChI=1S/C21H26N6/c1-15(25-26-21(22)23)20-14-24-27(16(20)2)19-12-10-18(11-13-19)9-8-17-6-4-3-5-7-17/h10-14,17H,3-7H2,1-2H3,(H4,22,23,26)/b25-15+. The molecule has 1 aliphatic rings. The van der Waals surface area contributed by atoms with Crippen LogP contribution < -0.4 is 11.5 Å². The van der Waals surface area contributed by atoms with E-state index < -0.39 is 0 Å². The second-order valence-corrected chi connectivity index (χ2v) is 6.92. The fraction of sp³-hybridized carbons (Fsp3) is 0.381. The molecular weight excluding hydrogens is 336 g/mol. The average Bonchev–Trinajstić information content (AvgIpc) is 3.07. The number of aromatic nitrogens is 2. The minimum atomic E-state index is -0.0654. The molecule has 1 heterocycles. The normalized spacial score (nSPS) is 15.1. The van der Waals surface area contributed by atoms with E-state index in [1.165, 1.54) is 32.1 Å². The summed E-state index contributed by atoms with van der Waals surface area (Å²) < 4.78 is 1.88. The van der Waals surface area contributed by atoms with E-state index in [-0.39, 0.29) is 5.96 Å². The molecule has 6 heteroatoms. The third-order valence-corrected chi connectivity index (χ3v) is 4.85.